The summed E-state index contributed by atoms with van der Waals surface area (Å²) in [6.07, 6.45) is 4.21. The quantitative estimate of drug-likeness (QED) is 0.657. The maximum absolute atomic E-state index is 3.97. The van der Waals surface area contributed by atoms with Crippen LogP contribution in [0.4, 0.5) is 0 Å². The smallest absolute Gasteiger partial charge is 0.0386 e. The van der Waals surface area contributed by atoms with E-state index in [0.717, 1.165) is 0 Å². The van der Waals surface area contributed by atoms with E-state index < -0.39 is 0 Å². The second kappa shape index (κ2) is 4.89. The molecule has 1 aromatic heterocycles. The molecular formula is C16H18S. The fourth-order valence-corrected chi connectivity index (χ4v) is 3.64. The van der Waals surface area contributed by atoms with Crippen LogP contribution in [0, 0.1) is 5.92 Å². The van der Waals surface area contributed by atoms with Gasteiger partial charge in [0.25, 0.3) is 0 Å². The standard InChI is InChI=1S/C16H18S/c1-5-12(11(3)4)16-13(6-2)14-9-7-8-10-15(14)17-16/h5-11H,2H2,1,3-4H3. The average Bonchev–Trinajstić information content (AvgIpc) is 2.67. The van der Waals surface area contributed by atoms with Gasteiger partial charge in [0, 0.05) is 15.0 Å². The number of thiophene rings is 1. The Hall–Kier alpha value is -1.34. The number of hydrogen-bond donors (Lipinski definition) is 0. The normalized spacial score (nSPS) is 12.4. The molecule has 0 saturated heterocycles. The molecule has 1 heteroatoms. The predicted molar refractivity (Wildman–Crippen MR) is 80.4 cm³/mol. The maximum atomic E-state index is 3.97. The van der Waals surface area contributed by atoms with E-state index in [0.29, 0.717) is 5.92 Å². The second-order valence-electron chi connectivity index (χ2n) is 4.44. The topological polar surface area (TPSA) is 0 Å². The fraction of sp³-hybridized carbons (Fsp3) is 0.250. The third-order valence-corrected chi connectivity index (χ3v) is 4.27. The highest BCUT2D eigenvalue weighted by atomic mass is 32.1. The van der Waals surface area contributed by atoms with Crippen LogP contribution in [-0.2, 0) is 0 Å². The zero-order valence-electron chi connectivity index (χ0n) is 10.7. The van der Waals surface area contributed by atoms with Gasteiger partial charge < -0.3 is 0 Å². The highest BCUT2D eigenvalue weighted by molar-refractivity contribution is 7.20. The lowest BCUT2D eigenvalue weighted by Gasteiger charge is -2.10. The monoisotopic (exact) mass is 242 g/mol. The molecule has 0 N–H and O–H groups in total. The Bertz CT molecular complexity index is 570. The van der Waals surface area contributed by atoms with Gasteiger partial charge in [0.1, 0.15) is 0 Å². The fourth-order valence-electron chi connectivity index (χ4n) is 2.21. The van der Waals surface area contributed by atoms with E-state index in [1.54, 1.807) is 0 Å². The van der Waals surface area contributed by atoms with Gasteiger partial charge in [0.15, 0.2) is 0 Å². The minimum Gasteiger partial charge on any atom is -0.135 e. The van der Waals surface area contributed by atoms with Gasteiger partial charge in [0.2, 0.25) is 0 Å². The van der Waals surface area contributed by atoms with E-state index >= 15 is 0 Å². The Morgan fingerprint density at radius 2 is 2.00 bits per heavy atom. The van der Waals surface area contributed by atoms with Crippen molar-refractivity contribution in [1.29, 1.82) is 0 Å². The van der Waals surface area contributed by atoms with E-state index in [4.69, 9.17) is 0 Å². The Morgan fingerprint density at radius 3 is 2.59 bits per heavy atom. The summed E-state index contributed by atoms with van der Waals surface area (Å²) in [5.74, 6) is 0.548. The van der Waals surface area contributed by atoms with Crippen molar-refractivity contribution in [3.05, 3.63) is 47.4 Å². The molecule has 0 saturated carbocycles. The molecule has 0 aliphatic heterocycles. The third kappa shape index (κ3) is 2.07. The minimum absolute atomic E-state index is 0.548. The van der Waals surface area contributed by atoms with Crippen LogP contribution in [0.5, 0.6) is 0 Å². The van der Waals surface area contributed by atoms with Crippen LogP contribution in [-0.4, -0.2) is 0 Å². The molecule has 0 aliphatic rings. The van der Waals surface area contributed by atoms with Crippen molar-refractivity contribution in [2.75, 3.05) is 0 Å². The first kappa shape index (κ1) is 12.1. The van der Waals surface area contributed by atoms with Crippen LogP contribution < -0.4 is 0 Å². The van der Waals surface area contributed by atoms with Crippen LogP contribution in [0.1, 0.15) is 31.2 Å². The first-order valence-corrected chi connectivity index (χ1v) is 6.81. The van der Waals surface area contributed by atoms with Crippen LogP contribution in [0.2, 0.25) is 0 Å². The summed E-state index contributed by atoms with van der Waals surface area (Å²) >= 11 is 1.87. The van der Waals surface area contributed by atoms with Crippen molar-refractivity contribution in [3.8, 4) is 0 Å². The van der Waals surface area contributed by atoms with Crippen LogP contribution in [0.15, 0.2) is 36.9 Å². The number of hydrogen-bond acceptors (Lipinski definition) is 1. The van der Waals surface area contributed by atoms with Gasteiger partial charge in [0.05, 0.1) is 0 Å². The van der Waals surface area contributed by atoms with Crippen molar-refractivity contribution in [3.63, 3.8) is 0 Å². The summed E-state index contributed by atoms with van der Waals surface area (Å²) in [6.45, 7) is 10.6. The van der Waals surface area contributed by atoms with E-state index in [9.17, 15) is 0 Å². The number of fused-ring (bicyclic) bond motifs is 1. The lowest BCUT2D eigenvalue weighted by atomic mass is 9.97. The highest BCUT2D eigenvalue weighted by Gasteiger charge is 2.14. The molecule has 2 aromatic rings. The zero-order chi connectivity index (χ0) is 12.4. The molecule has 17 heavy (non-hydrogen) atoms. The Kier molecular flexibility index (Phi) is 3.49. The molecule has 0 spiro atoms. The average molecular weight is 242 g/mol. The van der Waals surface area contributed by atoms with Gasteiger partial charge >= 0.3 is 0 Å². The van der Waals surface area contributed by atoms with E-state index in [1.807, 2.05) is 17.4 Å². The summed E-state index contributed by atoms with van der Waals surface area (Å²) in [6, 6.07) is 8.56. The molecule has 88 valence electrons. The van der Waals surface area contributed by atoms with Crippen molar-refractivity contribution in [1.82, 2.24) is 0 Å². The first-order chi connectivity index (χ1) is 8.19. The van der Waals surface area contributed by atoms with Crippen molar-refractivity contribution < 1.29 is 0 Å². The SMILES string of the molecule is C=Cc1c(C(=CC)C(C)C)sc2ccccc12. The van der Waals surface area contributed by atoms with Gasteiger partial charge in [-0.25, -0.2) is 0 Å². The Labute approximate surface area is 107 Å². The lowest BCUT2D eigenvalue weighted by Crippen LogP contribution is -1.92. The van der Waals surface area contributed by atoms with E-state index in [-0.39, 0.29) is 0 Å². The molecule has 0 bridgehead atoms. The van der Waals surface area contributed by atoms with Crippen LogP contribution in [0.3, 0.4) is 0 Å². The van der Waals surface area contributed by atoms with Crippen molar-refractivity contribution in [2.24, 2.45) is 5.92 Å². The van der Waals surface area contributed by atoms with E-state index in [1.165, 1.54) is 26.1 Å². The maximum Gasteiger partial charge on any atom is 0.0386 e. The van der Waals surface area contributed by atoms with Crippen molar-refractivity contribution >= 4 is 33.1 Å². The summed E-state index contributed by atoms with van der Waals surface area (Å²) < 4.78 is 1.34. The molecular weight excluding hydrogens is 224 g/mol. The summed E-state index contributed by atoms with van der Waals surface area (Å²) in [4.78, 5) is 1.37. The highest BCUT2D eigenvalue weighted by Crippen LogP contribution is 2.38. The predicted octanol–water partition coefficient (Wildman–Crippen LogP) is 5.60. The molecule has 0 aliphatic carbocycles. The molecule has 0 unspecified atom stereocenters. The van der Waals surface area contributed by atoms with Crippen LogP contribution >= 0.6 is 11.3 Å². The molecule has 0 atom stereocenters. The molecule has 1 heterocycles. The van der Waals surface area contributed by atoms with Gasteiger partial charge in [-0.2, -0.15) is 0 Å². The lowest BCUT2D eigenvalue weighted by molar-refractivity contribution is 0.857. The Morgan fingerprint density at radius 1 is 1.29 bits per heavy atom. The third-order valence-electron chi connectivity index (χ3n) is 3.03. The molecule has 0 nitrogen and oxygen atoms in total. The molecule has 0 amide bonds. The molecule has 0 radical (unpaired) electrons. The number of rotatable bonds is 3. The number of allylic oxidation sites excluding steroid dienone is 2. The van der Waals surface area contributed by atoms with Gasteiger partial charge in [-0.1, -0.05) is 50.8 Å². The summed E-state index contributed by atoms with van der Waals surface area (Å²) in [5, 5.41) is 1.32. The Balaban J connectivity index is 2.73. The van der Waals surface area contributed by atoms with Crippen molar-refractivity contribution in [2.45, 2.75) is 20.8 Å². The zero-order valence-corrected chi connectivity index (χ0v) is 11.5. The molecule has 1 aromatic carbocycles. The summed E-state index contributed by atoms with van der Waals surface area (Å²) in [7, 11) is 0. The second-order valence-corrected chi connectivity index (χ2v) is 5.50. The van der Waals surface area contributed by atoms with Gasteiger partial charge in [-0.3, -0.25) is 0 Å². The number of benzene rings is 1. The largest absolute Gasteiger partial charge is 0.135 e. The summed E-state index contributed by atoms with van der Waals surface area (Å²) in [5.41, 5.74) is 2.70. The first-order valence-electron chi connectivity index (χ1n) is 5.99. The van der Waals surface area contributed by atoms with Gasteiger partial charge in [-0.15, -0.1) is 11.3 Å². The van der Waals surface area contributed by atoms with E-state index in [2.05, 4.69) is 57.7 Å². The molecule has 0 fully saturated rings. The van der Waals surface area contributed by atoms with Gasteiger partial charge in [-0.05, 0) is 30.0 Å². The van der Waals surface area contributed by atoms with Crippen LogP contribution in [0.25, 0.3) is 21.7 Å². The minimum atomic E-state index is 0.548. The molecule has 2 rings (SSSR count).